The molecular formula is C20H34N4OS. The summed E-state index contributed by atoms with van der Waals surface area (Å²) in [4.78, 5) is 13.0. The first-order chi connectivity index (χ1) is 12.7. The largest absolute Gasteiger partial charge is 0.378 e. The fraction of sp³-hybridized carbons (Fsp3) is 0.800. The Hall–Kier alpha value is -1.14. The van der Waals surface area contributed by atoms with Crippen LogP contribution in [0.4, 0.5) is 0 Å². The van der Waals surface area contributed by atoms with Crippen LogP contribution >= 0.6 is 11.3 Å². The summed E-state index contributed by atoms with van der Waals surface area (Å²) in [6.07, 6.45) is 8.17. The zero-order valence-corrected chi connectivity index (χ0v) is 17.4. The number of likely N-dealkylation sites (tertiary alicyclic amines) is 1. The Balaban J connectivity index is 1.49. The van der Waals surface area contributed by atoms with Gasteiger partial charge in [-0.05, 0) is 52.4 Å². The topological polar surface area (TPSA) is 49.8 Å². The molecule has 26 heavy (non-hydrogen) atoms. The number of ether oxygens (including phenoxy) is 1. The van der Waals surface area contributed by atoms with Crippen LogP contribution in [-0.2, 0) is 11.3 Å². The van der Waals surface area contributed by atoms with Crippen LogP contribution in [0.3, 0.4) is 0 Å². The van der Waals surface area contributed by atoms with Crippen LogP contribution in [0.5, 0.6) is 0 Å². The minimum atomic E-state index is 0.432. The van der Waals surface area contributed by atoms with Crippen molar-refractivity contribution < 1.29 is 4.74 Å². The number of nitrogens with zero attached hydrogens (tertiary/aromatic N) is 3. The summed E-state index contributed by atoms with van der Waals surface area (Å²) in [5.74, 6) is 1.85. The first-order valence-electron chi connectivity index (χ1n) is 10.2. The number of hydrogen-bond acceptors (Lipinski definition) is 4. The van der Waals surface area contributed by atoms with Crippen molar-refractivity contribution in [2.75, 3.05) is 26.2 Å². The Morgan fingerprint density at radius 1 is 1.23 bits per heavy atom. The number of nitrogens with one attached hydrogen (secondary N) is 1. The summed E-state index contributed by atoms with van der Waals surface area (Å²) in [6, 6.07) is 0. The number of thiazole rings is 1. The fourth-order valence-electron chi connectivity index (χ4n) is 3.98. The Morgan fingerprint density at radius 3 is 2.58 bits per heavy atom. The molecule has 146 valence electrons. The number of aromatic nitrogens is 1. The van der Waals surface area contributed by atoms with Crippen molar-refractivity contribution in [2.24, 2.45) is 10.9 Å². The fourth-order valence-corrected chi connectivity index (χ4v) is 4.84. The number of aliphatic imine (C=N–C) groups is 1. The Morgan fingerprint density at radius 2 is 1.96 bits per heavy atom. The van der Waals surface area contributed by atoms with E-state index in [9.17, 15) is 0 Å². The average Bonchev–Trinajstić information content (AvgIpc) is 3.27. The third kappa shape index (κ3) is 5.43. The van der Waals surface area contributed by atoms with Gasteiger partial charge in [0.05, 0.1) is 23.4 Å². The molecule has 0 atom stereocenters. The lowest BCUT2D eigenvalue weighted by Gasteiger charge is -2.34. The van der Waals surface area contributed by atoms with E-state index in [1.54, 1.807) is 11.3 Å². The van der Waals surface area contributed by atoms with Gasteiger partial charge in [-0.1, -0.05) is 12.8 Å². The number of guanidine groups is 1. The molecule has 1 aliphatic carbocycles. The van der Waals surface area contributed by atoms with Gasteiger partial charge in [-0.2, -0.15) is 0 Å². The van der Waals surface area contributed by atoms with Crippen molar-refractivity contribution in [3.63, 3.8) is 0 Å². The molecule has 1 aromatic rings. The van der Waals surface area contributed by atoms with Crippen molar-refractivity contribution in [3.8, 4) is 0 Å². The quantitative estimate of drug-likeness (QED) is 0.602. The van der Waals surface area contributed by atoms with E-state index < -0.39 is 0 Å². The van der Waals surface area contributed by atoms with E-state index in [0.717, 1.165) is 68.2 Å². The van der Waals surface area contributed by atoms with E-state index in [2.05, 4.69) is 36.0 Å². The van der Waals surface area contributed by atoms with Crippen molar-refractivity contribution in [3.05, 3.63) is 15.6 Å². The Kier molecular flexibility index (Phi) is 7.32. The molecule has 1 aromatic heterocycles. The standard InChI is InChI=1S/C20H34N4OS/c1-4-21-20(22-13-19-15(2)23-16(3)26-19)24-11-9-18(10-12-24)25-14-17-7-5-6-8-17/h17-18H,4-14H2,1-3H3,(H,21,22). The van der Waals surface area contributed by atoms with Crippen molar-refractivity contribution in [1.29, 1.82) is 0 Å². The zero-order chi connectivity index (χ0) is 18.4. The second-order valence-corrected chi connectivity index (χ2v) is 8.87. The van der Waals surface area contributed by atoms with E-state index in [0.29, 0.717) is 6.10 Å². The second kappa shape index (κ2) is 9.70. The molecule has 0 aromatic carbocycles. The molecule has 2 heterocycles. The highest BCUT2D eigenvalue weighted by atomic mass is 32.1. The minimum Gasteiger partial charge on any atom is -0.378 e. The maximum Gasteiger partial charge on any atom is 0.194 e. The summed E-state index contributed by atoms with van der Waals surface area (Å²) in [6.45, 7) is 10.9. The molecule has 5 nitrogen and oxygen atoms in total. The van der Waals surface area contributed by atoms with Crippen molar-refractivity contribution in [2.45, 2.75) is 71.9 Å². The molecule has 0 unspecified atom stereocenters. The predicted molar refractivity (Wildman–Crippen MR) is 109 cm³/mol. The maximum absolute atomic E-state index is 6.21. The molecular weight excluding hydrogens is 344 g/mol. The summed E-state index contributed by atoms with van der Waals surface area (Å²) >= 11 is 1.76. The van der Waals surface area contributed by atoms with Crippen molar-refractivity contribution >= 4 is 17.3 Å². The van der Waals surface area contributed by atoms with Gasteiger partial charge in [-0.15, -0.1) is 11.3 Å². The smallest absolute Gasteiger partial charge is 0.194 e. The van der Waals surface area contributed by atoms with Crippen molar-refractivity contribution in [1.82, 2.24) is 15.2 Å². The van der Waals surface area contributed by atoms with Gasteiger partial charge in [0.15, 0.2) is 5.96 Å². The van der Waals surface area contributed by atoms with Crippen LogP contribution in [0, 0.1) is 19.8 Å². The third-order valence-electron chi connectivity index (χ3n) is 5.49. The molecule has 1 N–H and O–H groups in total. The summed E-state index contributed by atoms with van der Waals surface area (Å²) in [5, 5.41) is 4.58. The molecule has 2 aliphatic rings. The van der Waals surface area contributed by atoms with Crippen LogP contribution in [-0.4, -0.2) is 48.2 Å². The number of piperidine rings is 1. The van der Waals surface area contributed by atoms with Gasteiger partial charge >= 0.3 is 0 Å². The van der Waals surface area contributed by atoms with E-state index in [1.165, 1.54) is 30.6 Å². The van der Waals surface area contributed by atoms with E-state index in [4.69, 9.17) is 9.73 Å². The maximum atomic E-state index is 6.21. The van der Waals surface area contributed by atoms with Gasteiger partial charge < -0.3 is 15.0 Å². The molecule has 0 radical (unpaired) electrons. The molecule has 1 saturated heterocycles. The minimum absolute atomic E-state index is 0.432. The normalized spacial score (nSPS) is 20.1. The van der Waals surface area contributed by atoms with Gasteiger partial charge in [-0.25, -0.2) is 9.98 Å². The Bertz CT molecular complexity index is 587. The molecule has 1 saturated carbocycles. The molecule has 0 bridgehead atoms. The lowest BCUT2D eigenvalue weighted by atomic mass is 10.1. The highest BCUT2D eigenvalue weighted by Gasteiger charge is 2.24. The number of hydrogen-bond donors (Lipinski definition) is 1. The van der Waals surface area contributed by atoms with Gasteiger partial charge in [0.2, 0.25) is 0 Å². The molecule has 0 amide bonds. The van der Waals surface area contributed by atoms with Gasteiger partial charge in [0.1, 0.15) is 0 Å². The van der Waals surface area contributed by atoms with Crippen LogP contribution in [0.15, 0.2) is 4.99 Å². The molecule has 2 fully saturated rings. The Labute approximate surface area is 162 Å². The number of aryl methyl sites for hydroxylation is 2. The van der Waals surface area contributed by atoms with E-state index >= 15 is 0 Å². The monoisotopic (exact) mass is 378 g/mol. The second-order valence-electron chi connectivity index (χ2n) is 7.58. The van der Waals surface area contributed by atoms with Crippen LogP contribution in [0.25, 0.3) is 0 Å². The van der Waals surface area contributed by atoms with Gasteiger partial charge in [0, 0.05) is 31.1 Å². The molecule has 6 heteroatoms. The lowest BCUT2D eigenvalue weighted by Crippen LogP contribution is -2.47. The average molecular weight is 379 g/mol. The number of rotatable bonds is 6. The lowest BCUT2D eigenvalue weighted by molar-refractivity contribution is 0.00101. The summed E-state index contributed by atoms with van der Waals surface area (Å²) in [5.41, 5.74) is 1.12. The molecule has 3 rings (SSSR count). The van der Waals surface area contributed by atoms with Crippen LogP contribution < -0.4 is 5.32 Å². The molecule has 0 spiro atoms. The summed E-state index contributed by atoms with van der Waals surface area (Å²) in [7, 11) is 0. The first-order valence-corrected chi connectivity index (χ1v) is 11.0. The SMILES string of the molecule is CCNC(=NCc1sc(C)nc1C)N1CCC(OCC2CCCC2)CC1. The van der Waals surface area contributed by atoms with Gasteiger partial charge in [-0.3, -0.25) is 0 Å². The predicted octanol–water partition coefficient (Wildman–Crippen LogP) is 3.90. The van der Waals surface area contributed by atoms with Crippen LogP contribution in [0.1, 0.15) is 61.0 Å². The van der Waals surface area contributed by atoms with E-state index in [-0.39, 0.29) is 0 Å². The zero-order valence-electron chi connectivity index (χ0n) is 16.6. The third-order valence-corrected chi connectivity index (χ3v) is 6.55. The summed E-state index contributed by atoms with van der Waals surface area (Å²) < 4.78 is 6.21. The van der Waals surface area contributed by atoms with Crippen LogP contribution in [0.2, 0.25) is 0 Å². The highest BCUT2D eigenvalue weighted by Crippen LogP contribution is 2.26. The van der Waals surface area contributed by atoms with E-state index in [1.807, 2.05) is 0 Å². The molecule has 1 aliphatic heterocycles. The highest BCUT2D eigenvalue weighted by molar-refractivity contribution is 7.11. The van der Waals surface area contributed by atoms with Gasteiger partial charge in [0.25, 0.3) is 0 Å². The first kappa shape index (κ1) is 19.6.